The normalized spacial score (nSPS) is 20.8. The lowest BCUT2D eigenvalue weighted by Crippen LogP contribution is -2.33. The Morgan fingerprint density at radius 3 is 3.12 bits per heavy atom. The summed E-state index contributed by atoms with van der Waals surface area (Å²) in [5, 5.41) is 7.00. The number of anilines is 1. The molecule has 1 aliphatic heterocycles. The number of rotatable bonds is 3. The van der Waals surface area contributed by atoms with Gasteiger partial charge in [0, 0.05) is 16.7 Å². The van der Waals surface area contributed by atoms with E-state index in [0.29, 0.717) is 0 Å². The zero-order valence-corrected chi connectivity index (χ0v) is 11.3. The second kappa shape index (κ2) is 5.69. The minimum atomic E-state index is 0.770. The van der Waals surface area contributed by atoms with Crippen molar-refractivity contribution in [1.82, 2.24) is 5.32 Å². The van der Waals surface area contributed by atoms with Crippen molar-refractivity contribution in [3.63, 3.8) is 0 Å². The highest BCUT2D eigenvalue weighted by atomic mass is 79.9. The Kier molecular flexibility index (Phi) is 4.24. The molecular weight excluding hydrogens is 264 g/mol. The Morgan fingerprint density at radius 1 is 1.50 bits per heavy atom. The number of nitrogens with one attached hydrogen (secondary N) is 2. The van der Waals surface area contributed by atoms with E-state index in [1.54, 1.807) is 0 Å². The molecule has 0 spiro atoms. The van der Waals surface area contributed by atoms with Crippen molar-refractivity contribution in [3.05, 3.63) is 28.2 Å². The van der Waals surface area contributed by atoms with Crippen molar-refractivity contribution in [2.75, 3.05) is 25.0 Å². The molecule has 2 nitrogen and oxygen atoms in total. The van der Waals surface area contributed by atoms with Gasteiger partial charge < -0.3 is 10.6 Å². The minimum Gasteiger partial charge on any atom is -0.384 e. The monoisotopic (exact) mass is 282 g/mol. The molecule has 1 aromatic rings. The fourth-order valence-corrected chi connectivity index (χ4v) is 2.52. The topological polar surface area (TPSA) is 24.1 Å². The van der Waals surface area contributed by atoms with Crippen LogP contribution in [0, 0.1) is 12.8 Å². The van der Waals surface area contributed by atoms with Crippen LogP contribution in [0.3, 0.4) is 0 Å². The van der Waals surface area contributed by atoms with Gasteiger partial charge in [0.15, 0.2) is 0 Å². The van der Waals surface area contributed by atoms with Crippen LogP contribution in [0.2, 0.25) is 0 Å². The van der Waals surface area contributed by atoms with Crippen molar-refractivity contribution in [2.45, 2.75) is 19.8 Å². The van der Waals surface area contributed by atoms with Gasteiger partial charge in [-0.2, -0.15) is 0 Å². The average molecular weight is 283 g/mol. The van der Waals surface area contributed by atoms with Crippen LogP contribution in [0.5, 0.6) is 0 Å². The lowest BCUT2D eigenvalue weighted by molar-refractivity contribution is 0.393. The number of benzene rings is 1. The van der Waals surface area contributed by atoms with Gasteiger partial charge in [-0.1, -0.05) is 22.0 Å². The smallest absolute Gasteiger partial charge is 0.0381 e. The Hall–Kier alpha value is -0.540. The Balaban J connectivity index is 1.91. The molecule has 0 aromatic heterocycles. The van der Waals surface area contributed by atoms with E-state index in [9.17, 15) is 0 Å². The maximum Gasteiger partial charge on any atom is 0.0381 e. The molecule has 88 valence electrons. The van der Waals surface area contributed by atoms with Gasteiger partial charge in [0.2, 0.25) is 0 Å². The molecule has 1 aliphatic rings. The van der Waals surface area contributed by atoms with Crippen LogP contribution < -0.4 is 10.6 Å². The molecular formula is C13H19BrN2. The summed E-state index contributed by atoms with van der Waals surface area (Å²) in [5.74, 6) is 0.770. The minimum absolute atomic E-state index is 0.770. The molecule has 2 N–H and O–H groups in total. The van der Waals surface area contributed by atoms with Crippen molar-refractivity contribution in [1.29, 1.82) is 0 Å². The standard InChI is InChI=1S/C13H19BrN2/c1-10-12(14)5-2-6-13(10)16-9-11-4-3-7-15-8-11/h2,5-6,11,15-16H,3-4,7-9H2,1H3. The van der Waals surface area contributed by atoms with E-state index in [2.05, 4.69) is 51.7 Å². The van der Waals surface area contributed by atoms with Crippen molar-refractivity contribution in [3.8, 4) is 0 Å². The van der Waals surface area contributed by atoms with E-state index in [1.165, 1.54) is 35.1 Å². The highest BCUT2D eigenvalue weighted by Crippen LogP contribution is 2.24. The molecule has 1 atom stereocenters. The zero-order valence-electron chi connectivity index (χ0n) is 9.72. The van der Waals surface area contributed by atoms with Crippen LogP contribution >= 0.6 is 15.9 Å². The lowest BCUT2D eigenvalue weighted by Gasteiger charge is -2.23. The van der Waals surface area contributed by atoms with Gasteiger partial charge in [-0.05, 0) is 56.5 Å². The third kappa shape index (κ3) is 2.98. The predicted octanol–water partition coefficient (Wildman–Crippen LogP) is 3.17. The Morgan fingerprint density at radius 2 is 2.38 bits per heavy atom. The number of piperidine rings is 1. The molecule has 1 fully saturated rings. The van der Waals surface area contributed by atoms with E-state index in [0.717, 1.165) is 19.0 Å². The first-order valence-electron chi connectivity index (χ1n) is 5.97. The van der Waals surface area contributed by atoms with E-state index in [4.69, 9.17) is 0 Å². The van der Waals surface area contributed by atoms with Gasteiger partial charge in [-0.3, -0.25) is 0 Å². The van der Waals surface area contributed by atoms with E-state index < -0.39 is 0 Å². The summed E-state index contributed by atoms with van der Waals surface area (Å²) >= 11 is 3.56. The van der Waals surface area contributed by atoms with E-state index >= 15 is 0 Å². The predicted molar refractivity (Wildman–Crippen MR) is 73.0 cm³/mol. The van der Waals surface area contributed by atoms with Crippen LogP contribution in [-0.2, 0) is 0 Å². The van der Waals surface area contributed by atoms with Gasteiger partial charge in [0.25, 0.3) is 0 Å². The molecule has 0 amide bonds. The molecule has 0 bridgehead atoms. The second-order valence-electron chi connectivity index (χ2n) is 4.51. The number of halogens is 1. The van der Waals surface area contributed by atoms with Crippen molar-refractivity contribution in [2.24, 2.45) is 5.92 Å². The van der Waals surface area contributed by atoms with Crippen LogP contribution in [0.4, 0.5) is 5.69 Å². The molecule has 1 heterocycles. The summed E-state index contributed by atoms with van der Waals surface area (Å²) in [6, 6.07) is 6.32. The molecule has 1 unspecified atom stereocenters. The first-order valence-corrected chi connectivity index (χ1v) is 6.76. The van der Waals surface area contributed by atoms with Crippen molar-refractivity contribution >= 4 is 21.6 Å². The molecule has 1 saturated heterocycles. The van der Waals surface area contributed by atoms with Gasteiger partial charge >= 0.3 is 0 Å². The number of hydrogen-bond donors (Lipinski definition) is 2. The molecule has 0 radical (unpaired) electrons. The van der Waals surface area contributed by atoms with Gasteiger partial charge in [0.05, 0.1) is 0 Å². The summed E-state index contributed by atoms with van der Waals surface area (Å²) in [4.78, 5) is 0. The SMILES string of the molecule is Cc1c(Br)cccc1NCC1CCCNC1. The van der Waals surface area contributed by atoms with E-state index in [-0.39, 0.29) is 0 Å². The first kappa shape index (κ1) is 11.9. The molecule has 0 saturated carbocycles. The molecule has 0 aliphatic carbocycles. The fraction of sp³-hybridized carbons (Fsp3) is 0.538. The Bertz CT molecular complexity index is 346. The zero-order chi connectivity index (χ0) is 11.4. The summed E-state index contributed by atoms with van der Waals surface area (Å²) in [6.07, 6.45) is 2.65. The summed E-state index contributed by atoms with van der Waals surface area (Å²) in [5.41, 5.74) is 2.55. The summed E-state index contributed by atoms with van der Waals surface area (Å²) in [6.45, 7) is 5.56. The second-order valence-corrected chi connectivity index (χ2v) is 5.36. The van der Waals surface area contributed by atoms with Gasteiger partial charge in [-0.15, -0.1) is 0 Å². The maximum atomic E-state index is 3.56. The number of hydrogen-bond acceptors (Lipinski definition) is 2. The van der Waals surface area contributed by atoms with E-state index in [1.807, 2.05) is 0 Å². The van der Waals surface area contributed by atoms with Crippen LogP contribution in [0.1, 0.15) is 18.4 Å². The fourth-order valence-electron chi connectivity index (χ4n) is 2.15. The summed E-state index contributed by atoms with van der Waals surface area (Å²) in [7, 11) is 0. The molecule has 2 rings (SSSR count). The van der Waals surface area contributed by atoms with Crippen LogP contribution in [-0.4, -0.2) is 19.6 Å². The van der Waals surface area contributed by atoms with Crippen LogP contribution in [0.25, 0.3) is 0 Å². The lowest BCUT2D eigenvalue weighted by atomic mass is 9.99. The Labute approximate surface area is 106 Å². The highest BCUT2D eigenvalue weighted by Gasteiger charge is 2.12. The van der Waals surface area contributed by atoms with Gasteiger partial charge in [-0.25, -0.2) is 0 Å². The maximum absolute atomic E-state index is 3.56. The highest BCUT2D eigenvalue weighted by molar-refractivity contribution is 9.10. The quantitative estimate of drug-likeness (QED) is 0.890. The average Bonchev–Trinajstić information content (AvgIpc) is 2.32. The molecule has 1 aromatic carbocycles. The largest absolute Gasteiger partial charge is 0.384 e. The first-order chi connectivity index (χ1) is 7.77. The third-order valence-corrected chi connectivity index (χ3v) is 4.11. The summed E-state index contributed by atoms with van der Waals surface area (Å²) < 4.78 is 1.18. The molecule has 3 heteroatoms. The third-order valence-electron chi connectivity index (χ3n) is 3.25. The molecule has 16 heavy (non-hydrogen) atoms. The van der Waals surface area contributed by atoms with Gasteiger partial charge in [0.1, 0.15) is 0 Å². The van der Waals surface area contributed by atoms with Crippen molar-refractivity contribution < 1.29 is 0 Å². The van der Waals surface area contributed by atoms with Crippen LogP contribution in [0.15, 0.2) is 22.7 Å².